The summed E-state index contributed by atoms with van der Waals surface area (Å²) in [7, 11) is 1.70. The van der Waals surface area contributed by atoms with Gasteiger partial charge >= 0.3 is 0 Å². The van der Waals surface area contributed by atoms with Gasteiger partial charge in [-0.05, 0) is 25.0 Å². The number of carbonyl (C=O) groups is 1. The fourth-order valence-corrected chi connectivity index (χ4v) is 2.80. The number of amides is 1. The molecule has 1 aliphatic carbocycles. The second-order valence-corrected chi connectivity index (χ2v) is 5.43. The lowest BCUT2D eigenvalue weighted by molar-refractivity contribution is 0.0268. The Balaban J connectivity index is 2.19. The zero-order valence-corrected chi connectivity index (χ0v) is 12.1. The molecule has 2 atom stereocenters. The molecule has 1 aromatic heterocycles. The molecule has 0 bridgehead atoms. The molecule has 2 unspecified atom stereocenters. The molecule has 7 heteroatoms. The minimum absolute atomic E-state index is 0.155. The van der Waals surface area contributed by atoms with Gasteiger partial charge in [-0.15, -0.1) is 0 Å². The number of carbonyl (C=O) groups excluding carboxylic acids is 1. The molecule has 6 nitrogen and oxygen atoms in total. The number of nitrogens with two attached hydrogens (primary N) is 1. The second-order valence-electron chi connectivity index (χ2n) is 5.04. The number of hydrogen-bond acceptors (Lipinski definition) is 5. The van der Waals surface area contributed by atoms with Crippen LogP contribution in [0.15, 0.2) is 12.1 Å². The second kappa shape index (κ2) is 6.39. The van der Waals surface area contributed by atoms with Crippen LogP contribution < -0.4 is 11.3 Å². The Labute approximate surface area is 122 Å². The van der Waals surface area contributed by atoms with Crippen molar-refractivity contribution in [2.24, 2.45) is 5.84 Å². The van der Waals surface area contributed by atoms with Gasteiger partial charge < -0.3 is 15.4 Å². The Bertz CT molecular complexity index is 497. The van der Waals surface area contributed by atoms with E-state index in [-0.39, 0.29) is 17.1 Å². The summed E-state index contributed by atoms with van der Waals surface area (Å²) >= 11 is 5.87. The maximum Gasteiger partial charge on any atom is 0.254 e. The van der Waals surface area contributed by atoms with Crippen molar-refractivity contribution in [3.63, 3.8) is 0 Å². The molecule has 0 spiro atoms. The van der Waals surface area contributed by atoms with Gasteiger partial charge in [-0.3, -0.25) is 4.79 Å². The molecule has 0 aliphatic heterocycles. The number of likely N-dealkylation sites (N-methyl/N-ethyl adjacent to an activating group) is 1. The average molecular weight is 299 g/mol. The predicted octanol–water partition coefficient (Wildman–Crippen LogP) is 1.40. The molecule has 1 aromatic rings. The third-order valence-corrected chi connectivity index (χ3v) is 3.89. The number of nitrogens with zero attached hydrogens (tertiary/aromatic N) is 2. The molecule has 1 aliphatic rings. The van der Waals surface area contributed by atoms with Crippen LogP contribution in [0.25, 0.3) is 0 Å². The highest BCUT2D eigenvalue weighted by Crippen LogP contribution is 2.24. The van der Waals surface area contributed by atoms with Crippen LogP contribution in [0.2, 0.25) is 5.15 Å². The minimum Gasteiger partial charge on any atom is -0.391 e. The van der Waals surface area contributed by atoms with Crippen molar-refractivity contribution >= 4 is 23.3 Å². The highest BCUT2D eigenvalue weighted by molar-refractivity contribution is 6.29. The molecular weight excluding hydrogens is 280 g/mol. The Morgan fingerprint density at radius 1 is 1.50 bits per heavy atom. The Morgan fingerprint density at radius 3 is 2.85 bits per heavy atom. The van der Waals surface area contributed by atoms with Crippen LogP contribution in [0, 0.1) is 0 Å². The van der Waals surface area contributed by atoms with E-state index in [2.05, 4.69) is 10.4 Å². The summed E-state index contributed by atoms with van der Waals surface area (Å²) < 4.78 is 0. The molecule has 0 radical (unpaired) electrons. The summed E-state index contributed by atoms with van der Waals surface area (Å²) in [5.74, 6) is 5.43. The third kappa shape index (κ3) is 3.20. The summed E-state index contributed by atoms with van der Waals surface area (Å²) in [6, 6.07) is 2.88. The SMILES string of the molecule is CN(C(=O)c1cc(Cl)nc(NN)c1)C1CCCCC1O. The Morgan fingerprint density at radius 2 is 2.20 bits per heavy atom. The number of anilines is 1. The molecule has 1 amide bonds. The average Bonchev–Trinajstić information content (AvgIpc) is 2.45. The van der Waals surface area contributed by atoms with Gasteiger partial charge in [-0.2, -0.15) is 0 Å². The van der Waals surface area contributed by atoms with Gasteiger partial charge in [0.15, 0.2) is 0 Å². The quantitative estimate of drug-likeness (QED) is 0.446. The fraction of sp³-hybridized carbons (Fsp3) is 0.538. The molecule has 0 saturated heterocycles. The first-order valence-electron chi connectivity index (χ1n) is 6.62. The number of nitrogen functional groups attached to an aromatic ring is 1. The van der Waals surface area contributed by atoms with Gasteiger partial charge in [0.1, 0.15) is 11.0 Å². The topological polar surface area (TPSA) is 91.5 Å². The highest BCUT2D eigenvalue weighted by Gasteiger charge is 2.30. The lowest BCUT2D eigenvalue weighted by Gasteiger charge is -2.35. The van der Waals surface area contributed by atoms with Crippen LogP contribution in [0.5, 0.6) is 0 Å². The van der Waals surface area contributed by atoms with Gasteiger partial charge in [0.25, 0.3) is 5.91 Å². The molecule has 1 heterocycles. The zero-order valence-electron chi connectivity index (χ0n) is 11.3. The maximum absolute atomic E-state index is 12.5. The van der Waals surface area contributed by atoms with Crippen LogP contribution in [0.1, 0.15) is 36.0 Å². The lowest BCUT2D eigenvalue weighted by Crippen LogP contribution is -2.46. The van der Waals surface area contributed by atoms with Crippen LogP contribution in [0.3, 0.4) is 0 Å². The molecule has 110 valence electrons. The number of halogens is 1. The van der Waals surface area contributed by atoms with E-state index in [0.717, 1.165) is 25.7 Å². The first-order chi connectivity index (χ1) is 9.52. The third-order valence-electron chi connectivity index (χ3n) is 3.70. The van der Waals surface area contributed by atoms with E-state index in [0.29, 0.717) is 11.4 Å². The first-order valence-corrected chi connectivity index (χ1v) is 7.00. The van der Waals surface area contributed by atoms with Crippen molar-refractivity contribution in [3.8, 4) is 0 Å². The number of aliphatic hydroxyl groups excluding tert-OH is 1. The highest BCUT2D eigenvalue weighted by atomic mass is 35.5. The standard InChI is InChI=1S/C13H19ClN4O2/c1-18(9-4-2-3-5-10(9)19)13(20)8-6-11(14)16-12(7-8)17-15/h6-7,9-10,19H,2-5,15H2,1H3,(H,16,17). The Kier molecular flexibility index (Phi) is 4.80. The van der Waals surface area contributed by atoms with Gasteiger partial charge in [0.05, 0.1) is 12.1 Å². The van der Waals surface area contributed by atoms with Crippen molar-refractivity contribution in [1.29, 1.82) is 0 Å². The lowest BCUT2D eigenvalue weighted by atomic mass is 9.91. The van der Waals surface area contributed by atoms with E-state index in [1.807, 2.05) is 0 Å². The summed E-state index contributed by atoms with van der Waals surface area (Å²) in [5, 5.41) is 10.2. The maximum atomic E-state index is 12.5. The van der Waals surface area contributed by atoms with Crippen molar-refractivity contribution < 1.29 is 9.90 Å². The molecule has 4 N–H and O–H groups in total. The van der Waals surface area contributed by atoms with E-state index in [9.17, 15) is 9.90 Å². The molecule has 1 saturated carbocycles. The van der Waals surface area contributed by atoms with Crippen LogP contribution in [0.4, 0.5) is 5.82 Å². The van der Waals surface area contributed by atoms with Crippen molar-refractivity contribution in [1.82, 2.24) is 9.88 Å². The number of hydrogen-bond donors (Lipinski definition) is 3. The van der Waals surface area contributed by atoms with Crippen molar-refractivity contribution in [3.05, 3.63) is 22.8 Å². The van der Waals surface area contributed by atoms with Crippen molar-refractivity contribution in [2.45, 2.75) is 37.8 Å². The van der Waals surface area contributed by atoms with Gasteiger partial charge in [-0.25, -0.2) is 10.8 Å². The molecule has 0 aromatic carbocycles. The summed E-state index contributed by atoms with van der Waals surface area (Å²) in [6.07, 6.45) is 3.09. The number of hydrazine groups is 1. The zero-order chi connectivity index (χ0) is 14.7. The summed E-state index contributed by atoms with van der Waals surface area (Å²) in [4.78, 5) is 18.0. The molecule has 1 fully saturated rings. The number of aromatic nitrogens is 1. The Hall–Kier alpha value is -1.37. The largest absolute Gasteiger partial charge is 0.391 e. The van der Waals surface area contributed by atoms with Crippen molar-refractivity contribution in [2.75, 3.05) is 12.5 Å². The molecular formula is C13H19ClN4O2. The summed E-state index contributed by atoms with van der Waals surface area (Å²) in [5.41, 5.74) is 2.78. The van der Waals surface area contributed by atoms with Gasteiger partial charge in [0, 0.05) is 12.6 Å². The van der Waals surface area contributed by atoms with Gasteiger partial charge in [-0.1, -0.05) is 24.4 Å². The number of aliphatic hydroxyl groups is 1. The first kappa shape index (κ1) is 15.0. The summed E-state index contributed by atoms with van der Waals surface area (Å²) in [6.45, 7) is 0. The monoisotopic (exact) mass is 298 g/mol. The predicted molar refractivity (Wildman–Crippen MR) is 77.4 cm³/mol. The number of nitrogens with one attached hydrogen (secondary N) is 1. The van der Waals surface area contributed by atoms with E-state index in [4.69, 9.17) is 17.4 Å². The fourth-order valence-electron chi connectivity index (χ4n) is 2.59. The van der Waals surface area contributed by atoms with E-state index in [1.165, 1.54) is 6.07 Å². The van der Waals surface area contributed by atoms with E-state index < -0.39 is 6.10 Å². The van der Waals surface area contributed by atoms with Crippen LogP contribution >= 0.6 is 11.6 Å². The smallest absolute Gasteiger partial charge is 0.254 e. The minimum atomic E-state index is -0.470. The van der Waals surface area contributed by atoms with E-state index in [1.54, 1.807) is 18.0 Å². The van der Waals surface area contributed by atoms with Crippen LogP contribution in [-0.2, 0) is 0 Å². The number of pyridine rings is 1. The van der Waals surface area contributed by atoms with Crippen LogP contribution in [-0.4, -0.2) is 40.1 Å². The van der Waals surface area contributed by atoms with E-state index >= 15 is 0 Å². The normalized spacial score (nSPS) is 22.4. The van der Waals surface area contributed by atoms with Gasteiger partial charge in [0.2, 0.25) is 0 Å². The molecule has 2 rings (SSSR count). The molecule has 20 heavy (non-hydrogen) atoms. The number of rotatable bonds is 3.